The van der Waals surface area contributed by atoms with Crippen molar-refractivity contribution in [2.45, 2.75) is 29.4 Å². The number of benzene rings is 2. The van der Waals surface area contributed by atoms with E-state index in [-0.39, 0.29) is 30.6 Å². The van der Waals surface area contributed by atoms with Gasteiger partial charge in [0.25, 0.3) is 11.8 Å². The van der Waals surface area contributed by atoms with Crippen LogP contribution in [0.4, 0.5) is 0 Å². The molecule has 2 aromatic rings. The summed E-state index contributed by atoms with van der Waals surface area (Å²) >= 11 is 12.7. The van der Waals surface area contributed by atoms with E-state index in [4.69, 9.17) is 39.4 Å². The number of carbonyl (C=O) groups is 2. The average molecular weight is 559 g/mol. The molecular formula is C23H28Cl2N4O6S. The molecule has 1 aliphatic heterocycles. The van der Waals surface area contributed by atoms with Gasteiger partial charge in [-0.1, -0.05) is 35.3 Å². The van der Waals surface area contributed by atoms with E-state index >= 15 is 0 Å². The molecule has 0 bridgehead atoms. The SMILES string of the molecule is CN1Cc2c(Cl)cc(Cl)cc2C(c2ccc(S(=O)(=O)NCCOCCC(O)(C(N)=O)C(N)=O)cc2)C1. The molecule has 1 unspecified atom stereocenters. The van der Waals surface area contributed by atoms with Crippen LogP contribution in [0, 0.1) is 0 Å². The highest BCUT2D eigenvalue weighted by Crippen LogP contribution is 2.38. The third-order valence-electron chi connectivity index (χ3n) is 6.05. The van der Waals surface area contributed by atoms with Gasteiger partial charge in [-0.25, -0.2) is 13.1 Å². The van der Waals surface area contributed by atoms with Crippen molar-refractivity contribution < 1.29 is 27.9 Å². The third kappa shape index (κ3) is 6.35. The first-order chi connectivity index (χ1) is 16.8. The molecule has 2 aromatic carbocycles. The molecule has 1 aliphatic rings. The number of amides is 2. The van der Waals surface area contributed by atoms with Crippen LogP contribution in [0.15, 0.2) is 41.3 Å². The second-order valence-electron chi connectivity index (χ2n) is 8.62. The number of halogens is 2. The zero-order valence-electron chi connectivity index (χ0n) is 19.5. The van der Waals surface area contributed by atoms with Crippen LogP contribution in [0.3, 0.4) is 0 Å². The largest absolute Gasteiger partial charge is 0.380 e. The van der Waals surface area contributed by atoms with Crippen LogP contribution >= 0.6 is 23.2 Å². The van der Waals surface area contributed by atoms with Gasteiger partial charge in [-0.2, -0.15) is 0 Å². The van der Waals surface area contributed by atoms with Gasteiger partial charge in [0.2, 0.25) is 15.6 Å². The number of rotatable bonds is 11. The fourth-order valence-corrected chi connectivity index (χ4v) is 5.61. The number of hydrogen-bond donors (Lipinski definition) is 4. The first-order valence-corrected chi connectivity index (χ1v) is 13.2. The second kappa shape index (κ2) is 11.4. The number of nitrogens with two attached hydrogens (primary N) is 2. The summed E-state index contributed by atoms with van der Waals surface area (Å²) in [6, 6.07) is 10.2. The molecule has 0 radical (unpaired) electrons. The molecule has 13 heteroatoms. The fraction of sp³-hybridized carbons (Fsp3) is 0.391. The number of sulfonamides is 1. The highest BCUT2D eigenvalue weighted by atomic mass is 35.5. The molecule has 0 saturated heterocycles. The topological polar surface area (TPSA) is 165 Å². The Morgan fingerprint density at radius 1 is 1.17 bits per heavy atom. The molecule has 36 heavy (non-hydrogen) atoms. The minimum Gasteiger partial charge on any atom is -0.380 e. The first kappa shape index (κ1) is 28.3. The maximum Gasteiger partial charge on any atom is 0.259 e. The summed E-state index contributed by atoms with van der Waals surface area (Å²) in [7, 11) is -1.82. The minimum absolute atomic E-state index is 0.0208. The molecule has 196 valence electrons. The van der Waals surface area contributed by atoms with E-state index < -0.39 is 33.9 Å². The van der Waals surface area contributed by atoms with Gasteiger partial charge in [0.15, 0.2) is 0 Å². The zero-order chi connectivity index (χ0) is 26.7. The van der Waals surface area contributed by atoms with Crippen molar-refractivity contribution in [3.8, 4) is 0 Å². The van der Waals surface area contributed by atoms with E-state index in [0.29, 0.717) is 16.6 Å². The van der Waals surface area contributed by atoms with E-state index in [2.05, 4.69) is 9.62 Å². The Labute approximate surface area is 219 Å². The van der Waals surface area contributed by atoms with Crippen LogP contribution in [0.2, 0.25) is 10.0 Å². The fourth-order valence-electron chi connectivity index (χ4n) is 4.03. The van der Waals surface area contributed by atoms with Crippen molar-refractivity contribution in [3.63, 3.8) is 0 Å². The molecular weight excluding hydrogens is 531 g/mol. The maximum atomic E-state index is 12.7. The van der Waals surface area contributed by atoms with Crippen molar-refractivity contribution in [1.29, 1.82) is 0 Å². The molecule has 0 aliphatic carbocycles. The average Bonchev–Trinajstić information content (AvgIpc) is 2.81. The van der Waals surface area contributed by atoms with Crippen molar-refractivity contribution in [2.75, 3.05) is 33.4 Å². The molecule has 10 nitrogen and oxygen atoms in total. The van der Waals surface area contributed by atoms with E-state index in [0.717, 1.165) is 23.2 Å². The summed E-state index contributed by atoms with van der Waals surface area (Å²) in [6.07, 6.45) is -0.443. The van der Waals surface area contributed by atoms with Crippen molar-refractivity contribution in [1.82, 2.24) is 9.62 Å². The lowest BCUT2D eigenvalue weighted by Crippen LogP contribution is -2.54. The first-order valence-electron chi connectivity index (χ1n) is 11.0. The van der Waals surface area contributed by atoms with Crippen molar-refractivity contribution >= 4 is 45.0 Å². The molecule has 1 atom stereocenters. The summed E-state index contributed by atoms with van der Waals surface area (Å²) in [6.45, 7) is 1.05. The molecule has 0 saturated carbocycles. The predicted molar refractivity (Wildman–Crippen MR) is 135 cm³/mol. The highest BCUT2D eigenvalue weighted by molar-refractivity contribution is 7.89. The van der Waals surface area contributed by atoms with Crippen molar-refractivity contribution in [3.05, 3.63) is 63.1 Å². The minimum atomic E-state index is -3.82. The van der Waals surface area contributed by atoms with E-state index in [9.17, 15) is 23.1 Å². The molecule has 1 heterocycles. The van der Waals surface area contributed by atoms with Gasteiger partial charge < -0.3 is 26.2 Å². The van der Waals surface area contributed by atoms with Gasteiger partial charge in [-0.15, -0.1) is 0 Å². The summed E-state index contributed by atoms with van der Waals surface area (Å²) in [4.78, 5) is 24.7. The Morgan fingerprint density at radius 3 is 2.42 bits per heavy atom. The molecule has 0 spiro atoms. The summed E-state index contributed by atoms with van der Waals surface area (Å²) in [5.74, 6) is -2.58. The van der Waals surface area contributed by atoms with E-state index in [1.165, 1.54) is 12.1 Å². The quantitative estimate of drug-likeness (QED) is 0.235. The predicted octanol–water partition coefficient (Wildman–Crippen LogP) is 0.957. The molecule has 0 aromatic heterocycles. The number of carbonyl (C=O) groups excluding carboxylic acids is 2. The number of aliphatic hydroxyl groups is 1. The number of fused-ring (bicyclic) bond motifs is 1. The smallest absolute Gasteiger partial charge is 0.259 e. The Kier molecular flexibility index (Phi) is 8.99. The van der Waals surface area contributed by atoms with Crippen LogP contribution in [-0.4, -0.2) is 69.2 Å². The number of nitrogens with one attached hydrogen (secondary N) is 1. The highest BCUT2D eigenvalue weighted by Gasteiger charge is 2.40. The van der Waals surface area contributed by atoms with Gasteiger partial charge in [0.05, 0.1) is 18.1 Å². The van der Waals surface area contributed by atoms with E-state index in [1.807, 2.05) is 13.1 Å². The van der Waals surface area contributed by atoms with Crippen LogP contribution in [0.25, 0.3) is 0 Å². The van der Waals surface area contributed by atoms with Crippen LogP contribution < -0.4 is 16.2 Å². The van der Waals surface area contributed by atoms with Crippen LogP contribution in [0.5, 0.6) is 0 Å². The van der Waals surface area contributed by atoms with E-state index in [1.54, 1.807) is 18.2 Å². The number of primary amides is 2. The normalized spacial score (nSPS) is 16.5. The summed E-state index contributed by atoms with van der Waals surface area (Å²) in [5.41, 5.74) is 10.4. The summed E-state index contributed by atoms with van der Waals surface area (Å²) < 4.78 is 32.9. The molecule has 6 N–H and O–H groups in total. The van der Waals surface area contributed by atoms with Gasteiger partial charge in [0.1, 0.15) is 0 Å². The second-order valence-corrected chi connectivity index (χ2v) is 11.2. The number of ether oxygens (including phenoxy) is 1. The molecule has 0 fully saturated rings. The Balaban J connectivity index is 1.60. The maximum absolute atomic E-state index is 12.7. The lowest BCUT2D eigenvalue weighted by atomic mass is 9.85. The van der Waals surface area contributed by atoms with Gasteiger partial charge in [-0.05, 0) is 48.0 Å². The zero-order valence-corrected chi connectivity index (χ0v) is 21.9. The summed E-state index contributed by atoms with van der Waals surface area (Å²) in [5, 5.41) is 11.0. The third-order valence-corrected chi connectivity index (χ3v) is 8.08. The van der Waals surface area contributed by atoms with Crippen LogP contribution in [-0.2, 0) is 30.9 Å². The van der Waals surface area contributed by atoms with Gasteiger partial charge >= 0.3 is 0 Å². The molecule has 2 amide bonds. The monoisotopic (exact) mass is 558 g/mol. The molecule has 3 rings (SSSR count). The Hall–Kier alpha value is -2.25. The number of likely N-dealkylation sites (N-methyl/N-ethyl adjacent to an activating group) is 1. The van der Waals surface area contributed by atoms with Crippen molar-refractivity contribution in [2.24, 2.45) is 11.5 Å². The standard InChI is InChI=1S/C23H28Cl2N4O6S/c1-29-12-18(17-10-15(24)11-20(25)19(17)13-29)14-2-4-16(5-3-14)36(33,34)28-7-9-35-8-6-23(32,21(26)30)22(27)31/h2-5,10-11,18,28,32H,6-9,12-13H2,1H3,(H2,26,30)(H2,27,31). The lowest BCUT2D eigenvalue weighted by Gasteiger charge is -2.33. The van der Waals surface area contributed by atoms with Crippen LogP contribution in [0.1, 0.15) is 29.0 Å². The Bertz CT molecular complexity index is 1230. The van der Waals surface area contributed by atoms with Gasteiger partial charge in [-0.3, -0.25) is 9.59 Å². The number of hydrogen-bond acceptors (Lipinski definition) is 7. The Morgan fingerprint density at radius 2 is 1.81 bits per heavy atom. The van der Waals surface area contributed by atoms with Gasteiger partial charge in [0, 0.05) is 42.0 Å². The number of nitrogens with zero attached hydrogens (tertiary/aromatic N) is 1. The lowest BCUT2D eigenvalue weighted by molar-refractivity contribution is -0.151.